The summed E-state index contributed by atoms with van der Waals surface area (Å²) in [6, 6.07) is 1.72. The number of aryl methyl sites for hydroxylation is 2. The molecule has 1 aromatic heterocycles. The molecule has 0 fully saturated rings. The standard InChI is InChI=1S/C8H12N2O/c1-3-7-8(11)6(9)4-5(2)10-7/h4,11H,3H2,1-2H3,(H2,9,10)/p+1. The number of aromatic nitrogens is 1. The molecule has 0 spiro atoms. The highest BCUT2D eigenvalue weighted by atomic mass is 16.3. The highest BCUT2D eigenvalue weighted by molar-refractivity contribution is 5.52. The average Bonchev–Trinajstić information content (AvgIpc) is 1.96. The fraction of sp³-hybridized carbons (Fsp3) is 0.375. The van der Waals surface area contributed by atoms with E-state index >= 15 is 0 Å². The highest BCUT2D eigenvalue weighted by Crippen LogP contribution is 2.21. The molecule has 0 atom stereocenters. The smallest absolute Gasteiger partial charge is 0.223 e. The van der Waals surface area contributed by atoms with Crippen molar-refractivity contribution in [3.8, 4) is 5.75 Å². The SMILES string of the molecule is CCc1[nH+]c(C)cc(N)c1O. The normalized spacial score (nSPS) is 10.0. The number of hydrogen-bond acceptors (Lipinski definition) is 2. The Morgan fingerprint density at radius 2 is 2.27 bits per heavy atom. The van der Waals surface area contributed by atoms with E-state index in [-0.39, 0.29) is 5.75 Å². The van der Waals surface area contributed by atoms with Crippen LogP contribution >= 0.6 is 0 Å². The van der Waals surface area contributed by atoms with E-state index in [0.29, 0.717) is 5.69 Å². The van der Waals surface area contributed by atoms with E-state index in [9.17, 15) is 5.11 Å². The van der Waals surface area contributed by atoms with Crippen LogP contribution in [0.25, 0.3) is 0 Å². The van der Waals surface area contributed by atoms with Gasteiger partial charge in [0.15, 0.2) is 5.69 Å². The van der Waals surface area contributed by atoms with E-state index < -0.39 is 0 Å². The van der Waals surface area contributed by atoms with E-state index in [1.54, 1.807) is 6.07 Å². The molecule has 0 aromatic carbocycles. The molecule has 3 nitrogen and oxygen atoms in total. The molecular formula is C8H13N2O+. The van der Waals surface area contributed by atoms with Crippen molar-refractivity contribution >= 4 is 5.69 Å². The molecule has 0 aliphatic heterocycles. The minimum absolute atomic E-state index is 0.179. The maximum atomic E-state index is 9.37. The number of aromatic amines is 1. The van der Waals surface area contributed by atoms with Crippen molar-refractivity contribution in [1.82, 2.24) is 0 Å². The number of hydrogen-bond donors (Lipinski definition) is 2. The zero-order chi connectivity index (χ0) is 8.43. The summed E-state index contributed by atoms with van der Waals surface area (Å²) in [5.41, 5.74) is 7.73. The van der Waals surface area contributed by atoms with Gasteiger partial charge in [-0.05, 0) is 0 Å². The molecule has 0 bridgehead atoms. The zero-order valence-corrected chi connectivity index (χ0v) is 6.81. The number of rotatable bonds is 1. The number of anilines is 1. The summed E-state index contributed by atoms with van der Waals surface area (Å²) >= 11 is 0. The molecule has 0 saturated carbocycles. The van der Waals surface area contributed by atoms with Gasteiger partial charge in [0.25, 0.3) is 0 Å². The van der Waals surface area contributed by atoms with E-state index in [0.717, 1.165) is 17.8 Å². The Labute approximate surface area is 65.9 Å². The van der Waals surface area contributed by atoms with Crippen molar-refractivity contribution in [2.75, 3.05) is 5.73 Å². The van der Waals surface area contributed by atoms with E-state index in [1.807, 2.05) is 13.8 Å². The molecule has 60 valence electrons. The van der Waals surface area contributed by atoms with Crippen LogP contribution in [0, 0.1) is 6.92 Å². The van der Waals surface area contributed by atoms with Crippen molar-refractivity contribution in [1.29, 1.82) is 0 Å². The summed E-state index contributed by atoms with van der Waals surface area (Å²) < 4.78 is 0. The third-order valence-electron chi connectivity index (χ3n) is 1.63. The summed E-state index contributed by atoms with van der Waals surface area (Å²) in [6.45, 7) is 3.87. The van der Waals surface area contributed by atoms with Crippen molar-refractivity contribution in [3.05, 3.63) is 17.5 Å². The Kier molecular flexibility index (Phi) is 1.98. The number of nitrogens with one attached hydrogen (secondary N) is 1. The van der Waals surface area contributed by atoms with Gasteiger partial charge in [0.05, 0.1) is 5.69 Å². The molecule has 1 rings (SSSR count). The Morgan fingerprint density at radius 3 is 2.82 bits per heavy atom. The van der Waals surface area contributed by atoms with Gasteiger partial charge in [-0.3, -0.25) is 0 Å². The van der Waals surface area contributed by atoms with Crippen LogP contribution < -0.4 is 10.7 Å². The van der Waals surface area contributed by atoms with Gasteiger partial charge in [0.1, 0.15) is 0 Å². The third kappa shape index (κ3) is 1.42. The number of nitrogens with two attached hydrogens (primary N) is 1. The highest BCUT2D eigenvalue weighted by Gasteiger charge is 2.11. The van der Waals surface area contributed by atoms with Gasteiger partial charge in [0.2, 0.25) is 11.4 Å². The zero-order valence-electron chi connectivity index (χ0n) is 6.81. The number of nitrogen functional groups attached to an aromatic ring is 1. The van der Waals surface area contributed by atoms with Crippen molar-refractivity contribution in [2.45, 2.75) is 20.3 Å². The second-order valence-electron chi connectivity index (χ2n) is 2.59. The molecule has 0 amide bonds. The van der Waals surface area contributed by atoms with Crippen molar-refractivity contribution < 1.29 is 10.1 Å². The predicted octanol–water partition coefficient (Wildman–Crippen LogP) is 0.659. The minimum Gasteiger partial charge on any atom is -0.501 e. The van der Waals surface area contributed by atoms with Gasteiger partial charge in [-0.25, -0.2) is 4.98 Å². The largest absolute Gasteiger partial charge is 0.501 e. The van der Waals surface area contributed by atoms with Crippen molar-refractivity contribution in [2.24, 2.45) is 0 Å². The molecule has 0 unspecified atom stereocenters. The van der Waals surface area contributed by atoms with Crippen LogP contribution in [0.4, 0.5) is 5.69 Å². The summed E-state index contributed by atoms with van der Waals surface area (Å²) in [5, 5.41) is 9.37. The first-order chi connectivity index (χ1) is 5.15. The molecule has 0 saturated heterocycles. The number of aromatic hydroxyl groups is 1. The summed E-state index contributed by atoms with van der Waals surface area (Å²) in [5.74, 6) is 0.179. The molecule has 4 N–H and O–H groups in total. The molecular weight excluding hydrogens is 140 g/mol. The Balaban J connectivity index is 3.24. The van der Waals surface area contributed by atoms with Crippen LogP contribution in [0.3, 0.4) is 0 Å². The average molecular weight is 153 g/mol. The quantitative estimate of drug-likeness (QED) is 0.622. The lowest BCUT2D eigenvalue weighted by Gasteiger charge is -1.98. The maximum Gasteiger partial charge on any atom is 0.223 e. The lowest BCUT2D eigenvalue weighted by Crippen LogP contribution is -2.15. The van der Waals surface area contributed by atoms with Gasteiger partial charge in [-0.2, -0.15) is 0 Å². The summed E-state index contributed by atoms with van der Waals surface area (Å²) in [4.78, 5) is 3.04. The Hall–Kier alpha value is -1.25. The van der Waals surface area contributed by atoms with E-state index in [1.165, 1.54) is 0 Å². The lowest BCUT2D eigenvalue weighted by atomic mass is 10.2. The molecule has 0 aliphatic carbocycles. The van der Waals surface area contributed by atoms with Gasteiger partial charge >= 0.3 is 0 Å². The summed E-state index contributed by atoms with van der Waals surface area (Å²) in [6.07, 6.45) is 0.762. The van der Waals surface area contributed by atoms with Crippen LogP contribution in [0.1, 0.15) is 18.3 Å². The molecule has 3 heteroatoms. The number of H-pyrrole nitrogens is 1. The van der Waals surface area contributed by atoms with Gasteiger partial charge in [-0.1, -0.05) is 6.92 Å². The Morgan fingerprint density at radius 1 is 1.64 bits per heavy atom. The summed E-state index contributed by atoms with van der Waals surface area (Å²) in [7, 11) is 0. The first-order valence-electron chi connectivity index (χ1n) is 3.65. The van der Waals surface area contributed by atoms with Crippen LogP contribution in [-0.2, 0) is 6.42 Å². The van der Waals surface area contributed by atoms with Crippen molar-refractivity contribution in [3.63, 3.8) is 0 Å². The number of pyridine rings is 1. The maximum absolute atomic E-state index is 9.37. The van der Waals surface area contributed by atoms with Crippen LogP contribution in [0.15, 0.2) is 6.07 Å². The van der Waals surface area contributed by atoms with E-state index in [2.05, 4.69) is 4.98 Å². The predicted molar refractivity (Wildman–Crippen MR) is 43.2 cm³/mol. The molecule has 1 aromatic rings. The fourth-order valence-corrected chi connectivity index (χ4v) is 1.06. The van der Waals surface area contributed by atoms with Gasteiger partial charge in [-0.15, -0.1) is 0 Å². The lowest BCUT2D eigenvalue weighted by molar-refractivity contribution is -0.400. The Bertz CT molecular complexity index is 271. The fourth-order valence-electron chi connectivity index (χ4n) is 1.06. The molecule has 0 radical (unpaired) electrons. The molecule has 11 heavy (non-hydrogen) atoms. The molecule has 1 heterocycles. The molecule has 0 aliphatic rings. The topological polar surface area (TPSA) is 60.4 Å². The second-order valence-corrected chi connectivity index (χ2v) is 2.59. The monoisotopic (exact) mass is 153 g/mol. The first-order valence-corrected chi connectivity index (χ1v) is 3.65. The van der Waals surface area contributed by atoms with Crippen LogP contribution in [0.2, 0.25) is 0 Å². The second kappa shape index (κ2) is 2.78. The van der Waals surface area contributed by atoms with Crippen LogP contribution in [-0.4, -0.2) is 5.11 Å². The van der Waals surface area contributed by atoms with Gasteiger partial charge in [0, 0.05) is 19.4 Å². The third-order valence-corrected chi connectivity index (χ3v) is 1.63. The first kappa shape index (κ1) is 7.85. The minimum atomic E-state index is 0.179. The van der Waals surface area contributed by atoms with E-state index in [4.69, 9.17) is 5.73 Å². The van der Waals surface area contributed by atoms with Gasteiger partial charge < -0.3 is 10.8 Å². The van der Waals surface area contributed by atoms with Crippen LogP contribution in [0.5, 0.6) is 5.75 Å².